The normalized spacial score (nSPS) is 37.8. The van der Waals surface area contributed by atoms with Crippen LogP contribution in [-0.2, 0) is 0 Å². The van der Waals surface area contributed by atoms with Gasteiger partial charge < -0.3 is 5.32 Å². The minimum atomic E-state index is 0.777. The van der Waals surface area contributed by atoms with Gasteiger partial charge in [-0.2, -0.15) is 0 Å². The summed E-state index contributed by atoms with van der Waals surface area (Å²) in [7, 11) is 2.11. The van der Waals surface area contributed by atoms with Crippen LogP contribution in [0.25, 0.3) is 0 Å². The number of hydrogen-bond acceptors (Lipinski definition) is 2. The Kier molecular flexibility index (Phi) is 2.66. The summed E-state index contributed by atoms with van der Waals surface area (Å²) in [5, 5.41) is 3.46. The van der Waals surface area contributed by atoms with Gasteiger partial charge in [-0.05, 0) is 45.8 Å². The smallest absolute Gasteiger partial charge is 0.0249 e. The molecular formula is C10H20N2. The molecule has 0 amide bonds. The number of fused-ring (bicyclic) bond motifs is 1. The largest absolute Gasteiger partial charge is 0.315 e. The van der Waals surface area contributed by atoms with E-state index in [0.717, 1.165) is 12.1 Å². The first-order chi connectivity index (χ1) is 5.92. The van der Waals surface area contributed by atoms with E-state index in [1.165, 1.54) is 45.2 Å². The van der Waals surface area contributed by atoms with Crippen LogP contribution in [0.4, 0.5) is 0 Å². The molecule has 0 unspecified atom stereocenters. The maximum atomic E-state index is 3.46. The minimum Gasteiger partial charge on any atom is -0.315 e. The molecule has 0 bridgehead atoms. The fraction of sp³-hybridized carbons (Fsp3) is 1.00. The summed E-state index contributed by atoms with van der Waals surface area (Å²) in [5.41, 5.74) is 0. The molecule has 2 rings (SSSR count). The summed E-state index contributed by atoms with van der Waals surface area (Å²) < 4.78 is 0. The maximum absolute atomic E-state index is 3.46. The highest BCUT2D eigenvalue weighted by Gasteiger charge is 2.31. The maximum Gasteiger partial charge on any atom is 0.0249 e. The second-order valence-electron chi connectivity index (χ2n) is 4.14. The predicted molar refractivity (Wildman–Crippen MR) is 51.3 cm³/mol. The zero-order valence-electron chi connectivity index (χ0n) is 8.05. The second-order valence-corrected chi connectivity index (χ2v) is 4.14. The molecule has 0 spiro atoms. The number of rotatable bonds is 1. The van der Waals surface area contributed by atoms with Crippen molar-refractivity contribution in [1.29, 1.82) is 0 Å². The highest BCUT2D eigenvalue weighted by Crippen LogP contribution is 2.25. The molecule has 12 heavy (non-hydrogen) atoms. The molecule has 2 heteroatoms. The van der Waals surface area contributed by atoms with Crippen molar-refractivity contribution in [1.82, 2.24) is 10.2 Å². The molecule has 2 aliphatic rings. The summed E-state index contributed by atoms with van der Waals surface area (Å²) in [4.78, 5) is 2.69. The van der Waals surface area contributed by atoms with Crippen LogP contribution in [0.15, 0.2) is 0 Å². The van der Waals surface area contributed by atoms with Crippen LogP contribution in [0.1, 0.15) is 32.1 Å². The Labute approximate surface area is 75.3 Å². The Balaban J connectivity index is 1.99. The molecule has 2 fully saturated rings. The lowest BCUT2D eigenvalue weighted by Gasteiger charge is -2.44. The van der Waals surface area contributed by atoms with Crippen molar-refractivity contribution >= 4 is 0 Å². The molecular weight excluding hydrogens is 148 g/mol. The second kappa shape index (κ2) is 3.75. The van der Waals surface area contributed by atoms with Gasteiger partial charge in [0.15, 0.2) is 0 Å². The van der Waals surface area contributed by atoms with Crippen LogP contribution >= 0.6 is 0 Å². The third kappa shape index (κ3) is 1.50. The van der Waals surface area contributed by atoms with E-state index in [4.69, 9.17) is 0 Å². The Morgan fingerprint density at radius 3 is 2.75 bits per heavy atom. The fourth-order valence-electron chi connectivity index (χ4n) is 2.79. The van der Waals surface area contributed by atoms with Gasteiger partial charge in [0.05, 0.1) is 0 Å². The van der Waals surface area contributed by atoms with Crippen LogP contribution in [0, 0.1) is 0 Å². The first-order valence-corrected chi connectivity index (χ1v) is 5.33. The van der Waals surface area contributed by atoms with Gasteiger partial charge in [0.2, 0.25) is 0 Å². The third-order valence-electron chi connectivity index (χ3n) is 3.46. The zero-order chi connectivity index (χ0) is 8.39. The summed E-state index contributed by atoms with van der Waals surface area (Å²) in [6, 6.07) is 1.64. The topological polar surface area (TPSA) is 15.3 Å². The van der Waals surface area contributed by atoms with Crippen LogP contribution in [0.3, 0.4) is 0 Å². The van der Waals surface area contributed by atoms with Crippen molar-refractivity contribution in [2.45, 2.75) is 44.2 Å². The fourth-order valence-corrected chi connectivity index (χ4v) is 2.79. The van der Waals surface area contributed by atoms with Crippen molar-refractivity contribution < 1.29 is 0 Å². The van der Waals surface area contributed by atoms with Crippen molar-refractivity contribution in [2.75, 3.05) is 20.1 Å². The predicted octanol–water partition coefficient (Wildman–Crippen LogP) is 1.22. The lowest BCUT2D eigenvalue weighted by atomic mass is 9.89. The van der Waals surface area contributed by atoms with E-state index in [1.807, 2.05) is 0 Å². The molecule has 70 valence electrons. The monoisotopic (exact) mass is 168 g/mol. The quantitative estimate of drug-likeness (QED) is 0.633. The number of piperidine rings is 2. The molecule has 2 atom stereocenters. The summed E-state index contributed by atoms with van der Waals surface area (Å²) in [5.74, 6) is 0. The minimum absolute atomic E-state index is 0.777. The van der Waals surface area contributed by atoms with Crippen LogP contribution in [0.2, 0.25) is 0 Å². The summed E-state index contributed by atoms with van der Waals surface area (Å²) in [6.45, 7) is 2.70. The van der Waals surface area contributed by atoms with Gasteiger partial charge >= 0.3 is 0 Å². The van der Waals surface area contributed by atoms with Gasteiger partial charge in [0.25, 0.3) is 0 Å². The van der Waals surface area contributed by atoms with Gasteiger partial charge in [-0.3, -0.25) is 4.90 Å². The number of nitrogens with zero attached hydrogens (tertiary/aromatic N) is 1. The van der Waals surface area contributed by atoms with Crippen LogP contribution < -0.4 is 5.32 Å². The Hall–Kier alpha value is -0.0800. The number of nitrogens with one attached hydrogen (secondary N) is 1. The summed E-state index contributed by atoms with van der Waals surface area (Å²) in [6.07, 6.45) is 7.07. The van der Waals surface area contributed by atoms with E-state index in [2.05, 4.69) is 17.3 Å². The lowest BCUT2D eigenvalue weighted by Crippen LogP contribution is -2.54. The SMILES string of the molecule is CN[C@@H]1CCCN2CCCC[C@@H]12. The van der Waals surface area contributed by atoms with E-state index in [-0.39, 0.29) is 0 Å². The van der Waals surface area contributed by atoms with Gasteiger partial charge in [-0.1, -0.05) is 6.42 Å². The molecule has 0 aromatic rings. The molecule has 0 aromatic carbocycles. The Morgan fingerprint density at radius 1 is 1.08 bits per heavy atom. The molecule has 1 N–H and O–H groups in total. The highest BCUT2D eigenvalue weighted by atomic mass is 15.2. The van der Waals surface area contributed by atoms with Gasteiger partial charge in [-0.25, -0.2) is 0 Å². The van der Waals surface area contributed by atoms with E-state index >= 15 is 0 Å². The van der Waals surface area contributed by atoms with Gasteiger partial charge in [0, 0.05) is 12.1 Å². The van der Waals surface area contributed by atoms with E-state index in [9.17, 15) is 0 Å². The lowest BCUT2D eigenvalue weighted by molar-refractivity contribution is 0.0806. The molecule has 2 heterocycles. The molecule has 2 aliphatic heterocycles. The van der Waals surface area contributed by atoms with Gasteiger partial charge in [-0.15, -0.1) is 0 Å². The molecule has 2 saturated heterocycles. The van der Waals surface area contributed by atoms with E-state index < -0.39 is 0 Å². The third-order valence-corrected chi connectivity index (χ3v) is 3.46. The van der Waals surface area contributed by atoms with E-state index in [1.54, 1.807) is 0 Å². The number of hydrogen-bond donors (Lipinski definition) is 1. The van der Waals surface area contributed by atoms with Crippen molar-refractivity contribution in [3.05, 3.63) is 0 Å². The molecule has 0 saturated carbocycles. The van der Waals surface area contributed by atoms with Crippen molar-refractivity contribution in [3.63, 3.8) is 0 Å². The molecule has 0 aromatic heterocycles. The first-order valence-electron chi connectivity index (χ1n) is 5.33. The van der Waals surface area contributed by atoms with Crippen molar-refractivity contribution in [3.8, 4) is 0 Å². The molecule has 0 radical (unpaired) electrons. The van der Waals surface area contributed by atoms with Crippen LogP contribution in [-0.4, -0.2) is 37.1 Å². The standard InChI is InChI=1S/C10H20N2/c1-11-9-5-4-8-12-7-3-2-6-10(9)12/h9-11H,2-8H2,1H3/t9-,10+/m1/s1. The van der Waals surface area contributed by atoms with Crippen molar-refractivity contribution in [2.24, 2.45) is 0 Å². The highest BCUT2D eigenvalue weighted by molar-refractivity contribution is 4.90. The Bertz CT molecular complexity index is 138. The first kappa shape index (κ1) is 8.52. The average Bonchev–Trinajstić information content (AvgIpc) is 2.17. The summed E-state index contributed by atoms with van der Waals surface area (Å²) >= 11 is 0. The molecule has 2 nitrogen and oxygen atoms in total. The average molecular weight is 168 g/mol. The molecule has 0 aliphatic carbocycles. The zero-order valence-corrected chi connectivity index (χ0v) is 8.05. The Morgan fingerprint density at radius 2 is 1.92 bits per heavy atom. The van der Waals surface area contributed by atoms with E-state index in [0.29, 0.717) is 0 Å². The number of likely N-dealkylation sites (N-methyl/N-ethyl adjacent to an activating group) is 1. The van der Waals surface area contributed by atoms with Gasteiger partial charge in [0.1, 0.15) is 0 Å². The van der Waals surface area contributed by atoms with Crippen LogP contribution in [0.5, 0.6) is 0 Å².